The van der Waals surface area contributed by atoms with Crippen molar-refractivity contribution in [1.82, 2.24) is 24.3 Å². The molecule has 10 heteroatoms. The normalized spacial score (nSPS) is 15.3. The molecule has 0 aliphatic carbocycles. The third-order valence-corrected chi connectivity index (χ3v) is 5.25. The predicted octanol–water partition coefficient (Wildman–Crippen LogP) is -0.359. The Labute approximate surface area is 170 Å². The molecule has 0 radical (unpaired) electrons. The second kappa shape index (κ2) is 9.24. The molecule has 2 aromatic heterocycles. The maximum Gasteiger partial charge on any atom is 0.225 e. The number of nitrogens with two attached hydrogens (primary N) is 1. The van der Waals surface area contributed by atoms with Crippen LogP contribution in [-0.2, 0) is 24.4 Å². The number of rotatable bonds is 8. The fourth-order valence-electron chi connectivity index (χ4n) is 3.40. The lowest BCUT2D eigenvalue weighted by molar-refractivity contribution is -0.924. The highest BCUT2D eigenvalue weighted by atomic mass is 32.1. The number of primary amides is 1. The highest BCUT2D eigenvalue weighted by Gasteiger charge is 2.23. The van der Waals surface area contributed by atoms with Crippen LogP contribution in [0.15, 0.2) is 18.5 Å². The van der Waals surface area contributed by atoms with Gasteiger partial charge in [0.1, 0.15) is 5.82 Å². The molecule has 3 N–H and O–H groups in total. The van der Waals surface area contributed by atoms with Gasteiger partial charge in [-0.3, -0.25) is 4.79 Å². The lowest BCUT2D eigenvalue weighted by Crippen LogP contribution is -3.14. The molecule has 3 rings (SSSR count). The largest absolute Gasteiger partial charge is 0.370 e. The summed E-state index contributed by atoms with van der Waals surface area (Å²) in [6.45, 7) is 9.53. The van der Waals surface area contributed by atoms with Crippen molar-refractivity contribution in [3.63, 3.8) is 0 Å². The molecule has 1 fully saturated rings. The van der Waals surface area contributed by atoms with Gasteiger partial charge in [0.25, 0.3) is 0 Å². The Balaban J connectivity index is 1.67. The summed E-state index contributed by atoms with van der Waals surface area (Å²) in [6, 6.07) is 1.83. The first kappa shape index (κ1) is 20.4. The SMILES string of the molecule is CC(C)Cn1c(CCC(N)=O)nn(C[NH+]2CCN(c3ncccn3)CC2)c1=S. The Hall–Kier alpha value is -2.33. The summed E-state index contributed by atoms with van der Waals surface area (Å²) >= 11 is 5.68. The zero-order valence-electron chi connectivity index (χ0n) is 16.5. The van der Waals surface area contributed by atoms with E-state index in [0.717, 1.165) is 55.9 Å². The van der Waals surface area contributed by atoms with Crippen LogP contribution in [0.3, 0.4) is 0 Å². The smallest absolute Gasteiger partial charge is 0.225 e. The lowest BCUT2D eigenvalue weighted by Gasteiger charge is -2.31. The topological polar surface area (TPSA) is 99.3 Å². The van der Waals surface area contributed by atoms with E-state index in [1.54, 1.807) is 12.4 Å². The second-order valence-corrected chi connectivity index (χ2v) is 7.98. The van der Waals surface area contributed by atoms with E-state index in [-0.39, 0.29) is 12.3 Å². The average molecular weight is 406 g/mol. The van der Waals surface area contributed by atoms with Crippen molar-refractivity contribution in [1.29, 1.82) is 0 Å². The van der Waals surface area contributed by atoms with Gasteiger partial charge >= 0.3 is 0 Å². The van der Waals surface area contributed by atoms with Crippen LogP contribution in [0.4, 0.5) is 5.95 Å². The average Bonchev–Trinajstić information content (AvgIpc) is 2.96. The molecule has 0 atom stereocenters. The number of quaternary nitrogens is 1. The molecular weight excluding hydrogens is 376 g/mol. The Morgan fingerprint density at radius 2 is 1.96 bits per heavy atom. The number of aromatic nitrogens is 5. The first-order valence-corrected chi connectivity index (χ1v) is 10.1. The number of nitrogens with zero attached hydrogens (tertiary/aromatic N) is 6. The first-order valence-electron chi connectivity index (χ1n) is 9.74. The van der Waals surface area contributed by atoms with Gasteiger partial charge in [-0.1, -0.05) is 13.8 Å². The van der Waals surface area contributed by atoms with E-state index in [4.69, 9.17) is 23.1 Å². The first-order chi connectivity index (χ1) is 13.4. The number of carbonyl (C=O) groups excluding carboxylic acids is 1. The van der Waals surface area contributed by atoms with E-state index in [1.807, 2.05) is 10.7 Å². The lowest BCUT2D eigenvalue weighted by atomic mass is 10.2. The van der Waals surface area contributed by atoms with Crippen LogP contribution in [0, 0.1) is 10.7 Å². The van der Waals surface area contributed by atoms with Crippen molar-refractivity contribution < 1.29 is 9.69 Å². The molecular formula is C18H29N8OS+. The Morgan fingerprint density at radius 1 is 1.29 bits per heavy atom. The van der Waals surface area contributed by atoms with Crippen molar-refractivity contribution >= 4 is 24.1 Å². The molecule has 28 heavy (non-hydrogen) atoms. The Morgan fingerprint density at radius 3 is 2.57 bits per heavy atom. The molecule has 152 valence electrons. The summed E-state index contributed by atoms with van der Waals surface area (Å²) in [7, 11) is 0. The fourth-order valence-corrected chi connectivity index (χ4v) is 3.69. The van der Waals surface area contributed by atoms with Gasteiger partial charge in [-0.15, -0.1) is 0 Å². The number of aryl methyl sites for hydroxylation is 1. The molecule has 0 spiro atoms. The van der Waals surface area contributed by atoms with Gasteiger partial charge in [-0.05, 0) is 24.2 Å². The third kappa shape index (κ3) is 5.14. The number of anilines is 1. The fraction of sp³-hybridized carbons (Fsp3) is 0.611. The minimum Gasteiger partial charge on any atom is -0.370 e. The quantitative estimate of drug-likeness (QED) is 0.582. The van der Waals surface area contributed by atoms with Gasteiger partial charge in [0.05, 0.1) is 26.2 Å². The van der Waals surface area contributed by atoms with Gasteiger partial charge in [-0.25, -0.2) is 9.97 Å². The van der Waals surface area contributed by atoms with Crippen molar-refractivity contribution in [2.24, 2.45) is 11.7 Å². The molecule has 0 bridgehead atoms. The third-order valence-electron chi connectivity index (χ3n) is 4.82. The molecule has 1 aliphatic rings. The van der Waals surface area contributed by atoms with Crippen LogP contribution in [0.2, 0.25) is 0 Å². The maximum atomic E-state index is 11.2. The monoisotopic (exact) mass is 405 g/mol. The summed E-state index contributed by atoms with van der Waals surface area (Å²) < 4.78 is 4.67. The molecule has 1 saturated heterocycles. The van der Waals surface area contributed by atoms with Gasteiger partial charge in [0.15, 0.2) is 6.67 Å². The summed E-state index contributed by atoms with van der Waals surface area (Å²) in [4.78, 5) is 23.5. The zero-order chi connectivity index (χ0) is 20.1. The molecule has 0 saturated carbocycles. The molecule has 9 nitrogen and oxygen atoms in total. The van der Waals surface area contributed by atoms with E-state index in [2.05, 4.69) is 33.3 Å². The van der Waals surface area contributed by atoms with Crippen molar-refractivity contribution in [3.8, 4) is 0 Å². The van der Waals surface area contributed by atoms with Crippen LogP contribution in [0.25, 0.3) is 0 Å². The summed E-state index contributed by atoms with van der Waals surface area (Å²) in [5, 5.41) is 4.71. The van der Waals surface area contributed by atoms with Crippen molar-refractivity contribution in [2.45, 2.75) is 39.9 Å². The van der Waals surface area contributed by atoms with E-state index >= 15 is 0 Å². The number of hydrogen-bond donors (Lipinski definition) is 2. The highest BCUT2D eigenvalue weighted by molar-refractivity contribution is 7.71. The molecule has 2 aromatic rings. The predicted molar refractivity (Wildman–Crippen MR) is 108 cm³/mol. The summed E-state index contributed by atoms with van der Waals surface area (Å²) in [5.74, 6) is 1.75. The van der Waals surface area contributed by atoms with Crippen LogP contribution in [0.5, 0.6) is 0 Å². The van der Waals surface area contributed by atoms with E-state index in [0.29, 0.717) is 12.3 Å². The standard InChI is InChI=1S/C18H28N8OS/c1-14(2)12-25-16(5-4-15(19)27)22-26(18(25)28)13-23-8-10-24(11-9-23)17-20-6-3-7-21-17/h3,6-7,14H,4-5,8-13H2,1-2H3,(H2,19,27)/p+1. The minimum atomic E-state index is -0.318. The zero-order valence-corrected chi connectivity index (χ0v) is 17.4. The van der Waals surface area contributed by atoms with Crippen LogP contribution in [-0.4, -0.2) is 56.4 Å². The van der Waals surface area contributed by atoms with E-state index in [9.17, 15) is 4.79 Å². The number of hydrogen-bond acceptors (Lipinski definition) is 6. The number of piperazine rings is 1. The molecule has 0 unspecified atom stereocenters. The Bertz CT molecular complexity index is 839. The molecule has 1 amide bonds. The molecule has 0 aromatic carbocycles. The van der Waals surface area contributed by atoms with Crippen LogP contribution < -0.4 is 15.5 Å². The minimum absolute atomic E-state index is 0.284. The van der Waals surface area contributed by atoms with Gasteiger partial charge in [0, 0.05) is 31.8 Å². The van der Waals surface area contributed by atoms with Gasteiger partial charge in [-0.2, -0.15) is 9.78 Å². The number of carbonyl (C=O) groups is 1. The number of nitrogens with one attached hydrogen (secondary N) is 1. The molecule has 3 heterocycles. The summed E-state index contributed by atoms with van der Waals surface area (Å²) in [5.41, 5.74) is 5.32. The van der Waals surface area contributed by atoms with Crippen LogP contribution in [0.1, 0.15) is 26.1 Å². The highest BCUT2D eigenvalue weighted by Crippen LogP contribution is 2.09. The maximum absolute atomic E-state index is 11.2. The molecule has 1 aliphatic heterocycles. The second-order valence-electron chi connectivity index (χ2n) is 7.61. The van der Waals surface area contributed by atoms with Crippen molar-refractivity contribution in [2.75, 3.05) is 31.1 Å². The van der Waals surface area contributed by atoms with Gasteiger partial charge in [0.2, 0.25) is 16.6 Å². The summed E-state index contributed by atoms with van der Waals surface area (Å²) in [6.07, 6.45) is 4.35. The van der Waals surface area contributed by atoms with E-state index in [1.165, 1.54) is 4.90 Å². The van der Waals surface area contributed by atoms with Gasteiger partial charge < -0.3 is 20.1 Å². The van der Waals surface area contributed by atoms with Crippen molar-refractivity contribution in [3.05, 3.63) is 29.1 Å². The van der Waals surface area contributed by atoms with Crippen LogP contribution >= 0.6 is 12.2 Å². The Kier molecular flexibility index (Phi) is 6.74. The number of amides is 1. The van der Waals surface area contributed by atoms with E-state index < -0.39 is 0 Å².